The second kappa shape index (κ2) is 9.29. The minimum Gasteiger partial charge on any atom is -0.454 e. The van der Waals surface area contributed by atoms with Crippen LogP contribution in [0.1, 0.15) is 0 Å². The highest BCUT2D eigenvalue weighted by molar-refractivity contribution is 6.14. The number of hydrogen-bond acceptors (Lipinski definition) is 5. The van der Waals surface area contributed by atoms with Crippen molar-refractivity contribution in [3.63, 3.8) is 0 Å². The maximum atomic E-state index is 6.28. The molecule has 9 rings (SSSR count). The minimum atomic E-state index is 0.758. The molecule has 5 aromatic carbocycles. The van der Waals surface area contributed by atoms with Crippen LogP contribution >= 0.6 is 0 Å². The Bertz CT molecular complexity index is 2480. The van der Waals surface area contributed by atoms with Crippen LogP contribution in [0.4, 0.5) is 17.1 Å². The topological polar surface area (TPSA) is 55.3 Å². The second-order valence-corrected chi connectivity index (χ2v) is 10.7. The Morgan fingerprint density at radius 2 is 1.40 bits per heavy atom. The van der Waals surface area contributed by atoms with Crippen LogP contribution in [0, 0.1) is 0 Å². The van der Waals surface area contributed by atoms with Crippen molar-refractivity contribution >= 4 is 71.8 Å². The molecule has 5 heteroatoms. The van der Waals surface area contributed by atoms with Gasteiger partial charge in [0, 0.05) is 34.5 Å². The fourth-order valence-electron chi connectivity index (χ4n) is 6.28. The number of furan rings is 2. The van der Waals surface area contributed by atoms with Crippen LogP contribution in [0.15, 0.2) is 149 Å². The Hall–Kier alpha value is -5.94. The van der Waals surface area contributed by atoms with Gasteiger partial charge in [0.1, 0.15) is 16.7 Å². The summed E-state index contributed by atoms with van der Waals surface area (Å²) in [4.78, 5) is 11.3. The largest absolute Gasteiger partial charge is 0.454 e. The molecule has 4 heterocycles. The third-order valence-electron chi connectivity index (χ3n) is 8.18. The normalized spacial score (nSPS) is 11.7. The van der Waals surface area contributed by atoms with E-state index in [4.69, 9.17) is 8.83 Å². The standard InChI is InChI=1S/C38H23N3O2/c1-2-8-24(9-3-1)30-22-27(20-25-10-4-5-11-28(25)30)41(26-15-16-33-31(21-26)38-35(42-33)14-7-18-40-38)32-12-6-13-34-37(32)29-17-19-39-23-36(29)43-34/h1-23H. The molecule has 0 unspecified atom stereocenters. The highest BCUT2D eigenvalue weighted by Crippen LogP contribution is 2.46. The molecule has 0 amide bonds. The van der Waals surface area contributed by atoms with Crippen LogP contribution in [-0.4, -0.2) is 9.97 Å². The maximum absolute atomic E-state index is 6.28. The van der Waals surface area contributed by atoms with Gasteiger partial charge in [-0.3, -0.25) is 9.97 Å². The van der Waals surface area contributed by atoms with Crippen molar-refractivity contribution in [3.8, 4) is 11.1 Å². The first-order chi connectivity index (χ1) is 21.3. The number of fused-ring (bicyclic) bond motifs is 7. The van der Waals surface area contributed by atoms with E-state index in [1.807, 2.05) is 48.8 Å². The molecule has 4 aromatic heterocycles. The number of nitrogens with zero attached hydrogens (tertiary/aromatic N) is 3. The fraction of sp³-hybridized carbons (Fsp3) is 0. The summed E-state index contributed by atoms with van der Waals surface area (Å²) in [6.45, 7) is 0. The van der Waals surface area contributed by atoms with E-state index in [9.17, 15) is 0 Å². The average Bonchev–Trinajstić information content (AvgIpc) is 3.63. The van der Waals surface area contributed by atoms with Gasteiger partial charge in [-0.2, -0.15) is 0 Å². The van der Waals surface area contributed by atoms with Crippen LogP contribution < -0.4 is 4.90 Å². The monoisotopic (exact) mass is 553 g/mol. The molecule has 0 radical (unpaired) electrons. The van der Waals surface area contributed by atoms with Gasteiger partial charge in [-0.1, -0.05) is 60.7 Å². The van der Waals surface area contributed by atoms with Gasteiger partial charge in [0.2, 0.25) is 0 Å². The Kier molecular flexibility index (Phi) is 5.13. The van der Waals surface area contributed by atoms with Crippen molar-refractivity contribution in [2.75, 3.05) is 4.90 Å². The number of pyridine rings is 2. The number of anilines is 3. The van der Waals surface area contributed by atoms with Gasteiger partial charge >= 0.3 is 0 Å². The molecule has 43 heavy (non-hydrogen) atoms. The fourth-order valence-corrected chi connectivity index (χ4v) is 6.28. The highest BCUT2D eigenvalue weighted by atomic mass is 16.3. The summed E-state index contributed by atoms with van der Waals surface area (Å²) >= 11 is 0. The SMILES string of the molecule is c1ccc(-c2cc(N(c3ccc4oc5cccnc5c4c3)c3cccc4oc5cnccc5c34)cc3ccccc23)cc1. The average molecular weight is 554 g/mol. The van der Waals surface area contributed by atoms with E-state index in [1.54, 1.807) is 6.20 Å². The van der Waals surface area contributed by atoms with Crippen LogP contribution in [0.2, 0.25) is 0 Å². The summed E-state index contributed by atoms with van der Waals surface area (Å²) in [5.74, 6) is 0. The van der Waals surface area contributed by atoms with Crippen LogP contribution in [0.25, 0.3) is 65.9 Å². The zero-order chi connectivity index (χ0) is 28.3. The predicted octanol–water partition coefficient (Wildman–Crippen LogP) is 10.6. The Labute approximate surface area is 246 Å². The number of benzene rings is 5. The lowest BCUT2D eigenvalue weighted by molar-refractivity contribution is 0.666. The van der Waals surface area contributed by atoms with Crippen LogP contribution in [-0.2, 0) is 0 Å². The van der Waals surface area contributed by atoms with Gasteiger partial charge in [-0.05, 0) is 82.6 Å². The first-order valence-electron chi connectivity index (χ1n) is 14.2. The van der Waals surface area contributed by atoms with Gasteiger partial charge in [-0.25, -0.2) is 0 Å². The van der Waals surface area contributed by atoms with Gasteiger partial charge < -0.3 is 13.7 Å². The van der Waals surface area contributed by atoms with Gasteiger partial charge in [0.25, 0.3) is 0 Å². The van der Waals surface area contributed by atoms with E-state index in [1.165, 1.54) is 16.5 Å². The molecule has 0 aliphatic rings. The maximum Gasteiger partial charge on any atom is 0.153 e. The Morgan fingerprint density at radius 1 is 0.535 bits per heavy atom. The lowest BCUT2D eigenvalue weighted by Crippen LogP contribution is -2.10. The molecular formula is C38H23N3O2. The third kappa shape index (κ3) is 3.72. The van der Waals surface area contributed by atoms with Crippen molar-refractivity contribution in [1.29, 1.82) is 0 Å². The van der Waals surface area contributed by atoms with Crippen LogP contribution in [0.5, 0.6) is 0 Å². The van der Waals surface area contributed by atoms with Gasteiger partial charge in [-0.15, -0.1) is 0 Å². The van der Waals surface area contributed by atoms with Crippen molar-refractivity contribution < 1.29 is 8.83 Å². The van der Waals surface area contributed by atoms with E-state index < -0.39 is 0 Å². The number of hydrogen-bond donors (Lipinski definition) is 0. The lowest BCUT2D eigenvalue weighted by atomic mass is 9.96. The molecule has 0 fully saturated rings. The van der Waals surface area contributed by atoms with Gasteiger partial charge in [0.05, 0.1) is 17.3 Å². The molecule has 0 spiro atoms. The molecule has 0 N–H and O–H groups in total. The molecule has 0 saturated heterocycles. The molecule has 0 aliphatic carbocycles. The van der Waals surface area contributed by atoms with Gasteiger partial charge in [0.15, 0.2) is 11.2 Å². The molecule has 0 aliphatic heterocycles. The first-order valence-corrected chi connectivity index (χ1v) is 14.2. The summed E-state index contributed by atoms with van der Waals surface area (Å²) in [7, 11) is 0. The first kappa shape index (κ1) is 23.7. The molecule has 5 nitrogen and oxygen atoms in total. The van der Waals surface area contributed by atoms with Crippen LogP contribution in [0.3, 0.4) is 0 Å². The lowest BCUT2D eigenvalue weighted by Gasteiger charge is -2.27. The van der Waals surface area contributed by atoms with E-state index in [-0.39, 0.29) is 0 Å². The van der Waals surface area contributed by atoms with Crippen molar-refractivity contribution in [2.24, 2.45) is 0 Å². The predicted molar refractivity (Wildman–Crippen MR) is 174 cm³/mol. The molecule has 0 atom stereocenters. The van der Waals surface area contributed by atoms with Crippen molar-refractivity contribution in [1.82, 2.24) is 9.97 Å². The summed E-state index contributed by atoms with van der Waals surface area (Å²) in [6.07, 6.45) is 5.41. The van der Waals surface area contributed by atoms with E-state index in [2.05, 4.69) is 99.8 Å². The molecule has 9 aromatic rings. The number of aromatic nitrogens is 2. The molecule has 0 bridgehead atoms. The second-order valence-electron chi connectivity index (χ2n) is 10.7. The summed E-state index contributed by atoms with van der Waals surface area (Å²) < 4.78 is 12.4. The minimum absolute atomic E-state index is 0.758. The van der Waals surface area contributed by atoms with E-state index in [0.717, 1.165) is 66.5 Å². The summed E-state index contributed by atoms with van der Waals surface area (Å²) in [6, 6.07) is 42.1. The zero-order valence-electron chi connectivity index (χ0n) is 22.9. The Morgan fingerprint density at radius 3 is 2.35 bits per heavy atom. The van der Waals surface area contributed by atoms with Crippen molar-refractivity contribution in [3.05, 3.63) is 140 Å². The summed E-state index contributed by atoms with van der Waals surface area (Å²) in [5, 5.41) is 5.39. The van der Waals surface area contributed by atoms with E-state index in [0.29, 0.717) is 0 Å². The third-order valence-corrected chi connectivity index (χ3v) is 8.18. The molecule has 202 valence electrons. The summed E-state index contributed by atoms with van der Waals surface area (Å²) in [5.41, 5.74) is 9.37. The molecule has 0 saturated carbocycles. The smallest absolute Gasteiger partial charge is 0.153 e. The zero-order valence-corrected chi connectivity index (χ0v) is 22.9. The Balaban J connectivity index is 1.39. The number of rotatable bonds is 4. The molecular weight excluding hydrogens is 530 g/mol. The highest BCUT2D eigenvalue weighted by Gasteiger charge is 2.22. The quantitative estimate of drug-likeness (QED) is 0.217. The van der Waals surface area contributed by atoms with E-state index >= 15 is 0 Å². The van der Waals surface area contributed by atoms with Crippen molar-refractivity contribution in [2.45, 2.75) is 0 Å².